The van der Waals surface area contributed by atoms with E-state index >= 15 is 0 Å². The summed E-state index contributed by atoms with van der Waals surface area (Å²) in [4.78, 5) is 15.0. The van der Waals surface area contributed by atoms with E-state index in [-0.39, 0.29) is 0 Å². The average Bonchev–Trinajstić information content (AvgIpc) is 3.14. The topological polar surface area (TPSA) is 80.0 Å². The van der Waals surface area contributed by atoms with E-state index in [1.165, 1.54) is 4.88 Å². The van der Waals surface area contributed by atoms with E-state index < -0.39 is 0 Å². The molecule has 1 atom stereocenters. The normalized spacial score (nSPS) is 17.4. The molecule has 7 nitrogen and oxygen atoms in total. The van der Waals surface area contributed by atoms with Gasteiger partial charge < -0.3 is 10.6 Å². The molecule has 3 heterocycles. The molecule has 0 aromatic carbocycles. The van der Waals surface area contributed by atoms with Gasteiger partial charge in [-0.3, -0.25) is 0 Å². The van der Waals surface area contributed by atoms with E-state index in [4.69, 9.17) is 4.99 Å². The lowest BCUT2D eigenvalue weighted by Gasteiger charge is -2.25. The van der Waals surface area contributed by atoms with Gasteiger partial charge in [-0.15, -0.1) is 11.3 Å². The van der Waals surface area contributed by atoms with Crippen LogP contribution >= 0.6 is 11.3 Å². The summed E-state index contributed by atoms with van der Waals surface area (Å²) in [6.45, 7) is 10.6. The van der Waals surface area contributed by atoms with Gasteiger partial charge in [-0.25, -0.2) is 19.6 Å². The Morgan fingerprint density at radius 2 is 2.16 bits per heavy atom. The second kappa shape index (κ2) is 7.95. The van der Waals surface area contributed by atoms with Crippen LogP contribution < -0.4 is 10.6 Å². The third kappa shape index (κ3) is 4.36. The molecule has 0 saturated carbocycles. The summed E-state index contributed by atoms with van der Waals surface area (Å²) >= 11 is 1.72. The first-order chi connectivity index (χ1) is 12.1. The predicted molar refractivity (Wildman–Crippen MR) is 101 cm³/mol. The molecule has 25 heavy (non-hydrogen) atoms. The Bertz CT molecular complexity index is 746. The van der Waals surface area contributed by atoms with E-state index in [1.807, 2.05) is 18.5 Å². The van der Waals surface area contributed by atoms with Crippen LogP contribution in [0.3, 0.4) is 0 Å². The summed E-state index contributed by atoms with van der Waals surface area (Å²) in [5.74, 6) is 2.90. The molecule has 3 rings (SSSR count). The number of hydrogen-bond acceptors (Lipinski definition) is 5. The quantitative estimate of drug-likeness (QED) is 0.629. The molecular weight excluding hydrogens is 334 g/mol. The fourth-order valence-electron chi connectivity index (χ4n) is 3.01. The van der Waals surface area contributed by atoms with Gasteiger partial charge in [-0.05, 0) is 27.2 Å². The highest BCUT2D eigenvalue weighted by Gasteiger charge is 2.22. The number of fused-ring (bicyclic) bond motifs is 1. The van der Waals surface area contributed by atoms with Crippen LogP contribution in [0.5, 0.6) is 0 Å². The fourth-order valence-corrected chi connectivity index (χ4v) is 3.87. The molecule has 0 aliphatic carbocycles. The van der Waals surface area contributed by atoms with Gasteiger partial charge in [0, 0.05) is 30.3 Å². The molecule has 0 amide bonds. The van der Waals surface area contributed by atoms with Crippen molar-refractivity contribution in [2.45, 2.75) is 66.1 Å². The van der Waals surface area contributed by atoms with Gasteiger partial charge in [0.1, 0.15) is 5.82 Å². The lowest BCUT2D eigenvalue weighted by molar-refractivity contribution is 0.392. The van der Waals surface area contributed by atoms with Crippen LogP contribution in [0.25, 0.3) is 0 Å². The smallest absolute Gasteiger partial charge is 0.191 e. The fraction of sp³-hybridized carbons (Fsp3) is 0.647. The molecule has 2 N–H and O–H groups in total. The SMILES string of the molecule is CCNC(=NCc1sc(C)nc1C)NC1CCc2nc(CC)nn2C1. The van der Waals surface area contributed by atoms with Crippen molar-refractivity contribution in [3.63, 3.8) is 0 Å². The zero-order chi connectivity index (χ0) is 17.8. The number of aromatic nitrogens is 4. The third-order valence-electron chi connectivity index (χ3n) is 4.28. The zero-order valence-corrected chi connectivity index (χ0v) is 16.3. The largest absolute Gasteiger partial charge is 0.357 e. The number of hydrogen-bond donors (Lipinski definition) is 2. The molecule has 2 aromatic rings. The van der Waals surface area contributed by atoms with Crippen molar-refractivity contribution in [1.29, 1.82) is 0 Å². The van der Waals surface area contributed by atoms with E-state index in [9.17, 15) is 0 Å². The maximum atomic E-state index is 4.75. The number of nitrogens with zero attached hydrogens (tertiary/aromatic N) is 5. The Morgan fingerprint density at radius 1 is 1.32 bits per heavy atom. The van der Waals surface area contributed by atoms with Crippen molar-refractivity contribution >= 4 is 17.3 Å². The molecule has 1 aliphatic rings. The summed E-state index contributed by atoms with van der Waals surface area (Å²) < 4.78 is 2.04. The zero-order valence-electron chi connectivity index (χ0n) is 15.5. The number of nitrogens with one attached hydrogen (secondary N) is 2. The van der Waals surface area contributed by atoms with Crippen LogP contribution in [0.4, 0.5) is 0 Å². The van der Waals surface area contributed by atoms with Gasteiger partial charge >= 0.3 is 0 Å². The molecule has 1 unspecified atom stereocenters. The van der Waals surface area contributed by atoms with Crippen molar-refractivity contribution < 1.29 is 0 Å². The summed E-state index contributed by atoms with van der Waals surface area (Å²) in [6.07, 6.45) is 2.89. The number of aryl methyl sites for hydroxylation is 4. The van der Waals surface area contributed by atoms with Gasteiger partial charge in [-0.2, -0.15) is 5.10 Å². The van der Waals surface area contributed by atoms with Crippen LogP contribution in [0, 0.1) is 13.8 Å². The van der Waals surface area contributed by atoms with Gasteiger partial charge in [0.05, 0.1) is 23.8 Å². The molecule has 0 bridgehead atoms. The highest BCUT2D eigenvalue weighted by Crippen LogP contribution is 2.18. The van der Waals surface area contributed by atoms with Crippen molar-refractivity contribution in [2.75, 3.05) is 6.54 Å². The number of rotatable bonds is 5. The lowest BCUT2D eigenvalue weighted by atomic mass is 10.1. The maximum Gasteiger partial charge on any atom is 0.191 e. The molecule has 1 aliphatic heterocycles. The Balaban J connectivity index is 1.65. The predicted octanol–water partition coefficient (Wildman–Crippen LogP) is 1.98. The van der Waals surface area contributed by atoms with Crippen molar-refractivity contribution in [2.24, 2.45) is 4.99 Å². The van der Waals surface area contributed by atoms with Crippen LogP contribution in [0.2, 0.25) is 0 Å². The second-order valence-electron chi connectivity index (χ2n) is 6.30. The second-order valence-corrected chi connectivity index (χ2v) is 7.58. The average molecular weight is 362 g/mol. The van der Waals surface area contributed by atoms with Crippen LogP contribution in [-0.2, 0) is 25.9 Å². The Kier molecular flexibility index (Phi) is 5.67. The minimum Gasteiger partial charge on any atom is -0.357 e. The summed E-state index contributed by atoms with van der Waals surface area (Å²) in [5.41, 5.74) is 1.08. The molecule has 2 aromatic heterocycles. The summed E-state index contributed by atoms with van der Waals surface area (Å²) in [7, 11) is 0. The van der Waals surface area contributed by atoms with E-state index in [0.717, 1.165) is 60.7 Å². The van der Waals surface area contributed by atoms with Gasteiger partial charge in [0.25, 0.3) is 0 Å². The highest BCUT2D eigenvalue weighted by atomic mass is 32.1. The molecule has 0 saturated heterocycles. The first kappa shape index (κ1) is 17.8. The first-order valence-corrected chi connectivity index (χ1v) is 9.81. The number of aliphatic imine (C=N–C) groups is 1. The first-order valence-electron chi connectivity index (χ1n) is 8.99. The van der Waals surface area contributed by atoms with E-state index in [0.29, 0.717) is 12.6 Å². The van der Waals surface area contributed by atoms with E-state index in [1.54, 1.807) is 11.3 Å². The van der Waals surface area contributed by atoms with Crippen molar-refractivity contribution in [3.8, 4) is 0 Å². The Morgan fingerprint density at radius 3 is 2.84 bits per heavy atom. The van der Waals surface area contributed by atoms with Crippen molar-refractivity contribution in [1.82, 2.24) is 30.4 Å². The van der Waals surface area contributed by atoms with E-state index in [2.05, 4.69) is 39.5 Å². The van der Waals surface area contributed by atoms with Gasteiger partial charge in [0.2, 0.25) is 0 Å². The molecule has 0 spiro atoms. The molecule has 0 radical (unpaired) electrons. The lowest BCUT2D eigenvalue weighted by Crippen LogP contribution is -2.47. The molecule has 136 valence electrons. The monoisotopic (exact) mass is 361 g/mol. The molecule has 0 fully saturated rings. The summed E-state index contributed by atoms with van der Waals surface area (Å²) in [5, 5.41) is 12.6. The Hall–Kier alpha value is -1.96. The summed E-state index contributed by atoms with van der Waals surface area (Å²) in [6, 6.07) is 0.320. The third-order valence-corrected chi connectivity index (χ3v) is 5.34. The number of guanidine groups is 1. The molecular formula is C17H27N7S. The van der Waals surface area contributed by atoms with Gasteiger partial charge in [0.15, 0.2) is 11.8 Å². The molecule has 8 heteroatoms. The standard InChI is InChI=1S/C17H27N7S/c1-5-15-22-16-8-7-13(10-24(16)23-15)21-17(18-6-2)19-9-14-11(3)20-12(4)25-14/h13H,5-10H2,1-4H3,(H2,18,19,21). The van der Waals surface area contributed by atoms with Crippen molar-refractivity contribution in [3.05, 3.63) is 27.2 Å². The Labute approximate surface area is 153 Å². The highest BCUT2D eigenvalue weighted by molar-refractivity contribution is 7.11. The minimum absolute atomic E-state index is 0.320. The van der Waals surface area contributed by atoms with Crippen LogP contribution in [-0.4, -0.2) is 38.3 Å². The minimum atomic E-state index is 0.320. The van der Waals surface area contributed by atoms with Crippen LogP contribution in [0.1, 0.15) is 47.5 Å². The maximum absolute atomic E-state index is 4.75. The van der Waals surface area contributed by atoms with Gasteiger partial charge in [-0.1, -0.05) is 6.92 Å². The number of thiazole rings is 1. The van der Waals surface area contributed by atoms with Crippen LogP contribution in [0.15, 0.2) is 4.99 Å².